The van der Waals surface area contributed by atoms with E-state index in [0.717, 1.165) is 5.56 Å². The van der Waals surface area contributed by atoms with Crippen molar-refractivity contribution in [3.63, 3.8) is 0 Å². The lowest BCUT2D eigenvalue weighted by atomic mass is 10.2. The van der Waals surface area contributed by atoms with Crippen LogP contribution in [0.5, 0.6) is 5.75 Å². The number of aromatic nitrogens is 1. The summed E-state index contributed by atoms with van der Waals surface area (Å²) in [7, 11) is -2.06. The molecule has 0 spiro atoms. The first kappa shape index (κ1) is 22.9. The summed E-state index contributed by atoms with van der Waals surface area (Å²) >= 11 is 0. The van der Waals surface area contributed by atoms with Gasteiger partial charge in [-0.05, 0) is 37.6 Å². The average molecular weight is 436 g/mol. The van der Waals surface area contributed by atoms with Crippen LogP contribution in [-0.4, -0.2) is 44.7 Å². The van der Waals surface area contributed by atoms with Gasteiger partial charge < -0.3 is 20.7 Å². The molecule has 4 N–H and O–H groups in total. The van der Waals surface area contributed by atoms with Crippen LogP contribution in [-0.2, 0) is 14.8 Å². The number of amides is 3. The van der Waals surface area contributed by atoms with Gasteiger partial charge in [-0.2, -0.15) is 0 Å². The van der Waals surface area contributed by atoms with Gasteiger partial charge in [0.2, 0.25) is 15.9 Å². The molecular weight excluding hydrogens is 410 g/mol. The molecule has 2 rings (SSSR count). The van der Waals surface area contributed by atoms with Gasteiger partial charge in [-0.1, -0.05) is 6.07 Å². The number of hydrogen-bond donors (Lipinski definition) is 4. The van der Waals surface area contributed by atoms with Crippen molar-refractivity contribution in [1.29, 1.82) is 0 Å². The number of rotatable bonds is 9. The summed E-state index contributed by atoms with van der Waals surface area (Å²) in [5.74, 6) is 0.350. The highest BCUT2D eigenvalue weighted by atomic mass is 32.2. The fourth-order valence-corrected chi connectivity index (χ4v) is 2.95. The van der Waals surface area contributed by atoms with E-state index in [-0.39, 0.29) is 36.1 Å². The number of sulfonamides is 1. The molecule has 0 aliphatic heterocycles. The molecule has 11 heteroatoms. The van der Waals surface area contributed by atoms with Crippen LogP contribution in [0.25, 0.3) is 0 Å². The van der Waals surface area contributed by atoms with Crippen molar-refractivity contribution >= 4 is 39.2 Å². The van der Waals surface area contributed by atoms with E-state index in [0.29, 0.717) is 11.5 Å². The number of methoxy groups -OCH3 is 1. The van der Waals surface area contributed by atoms with Gasteiger partial charge in [0.05, 0.1) is 18.6 Å². The summed E-state index contributed by atoms with van der Waals surface area (Å²) in [6.45, 7) is 3.54. The topological polar surface area (TPSA) is 139 Å². The number of carbonyl (C=O) groups excluding carboxylic acids is 2. The summed E-state index contributed by atoms with van der Waals surface area (Å²) in [4.78, 5) is 28.0. The minimum Gasteiger partial charge on any atom is -0.494 e. The molecule has 0 radical (unpaired) electrons. The molecule has 0 fully saturated rings. The summed E-state index contributed by atoms with van der Waals surface area (Å²) in [6, 6.07) is 7.53. The Morgan fingerprint density at radius 2 is 1.90 bits per heavy atom. The van der Waals surface area contributed by atoms with Gasteiger partial charge in [0, 0.05) is 30.9 Å². The number of benzene rings is 1. The Bertz CT molecular complexity index is 993. The first-order chi connectivity index (χ1) is 14.2. The molecule has 30 heavy (non-hydrogen) atoms. The second kappa shape index (κ2) is 10.4. The lowest BCUT2D eigenvalue weighted by Gasteiger charge is -2.13. The molecule has 3 amide bonds. The fourth-order valence-electron chi connectivity index (χ4n) is 2.30. The van der Waals surface area contributed by atoms with E-state index >= 15 is 0 Å². The zero-order valence-corrected chi connectivity index (χ0v) is 17.8. The van der Waals surface area contributed by atoms with Crippen molar-refractivity contribution in [1.82, 2.24) is 10.3 Å². The Morgan fingerprint density at radius 3 is 2.53 bits per heavy atom. The number of nitrogens with one attached hydrogen (secondary N) is 4. The smallest absolute Gasteiger partial charge is 0.319 e. The van der Waals surface area contributed by atoms with Crippen molar-refractivity contribution in [2.45, 2.75) is 20.3 Å². The highest BCUT2D eigenvalue weighted by Gasteiger charge is 2.13. The summed E-state index contributed by atoms with van der Waals surface area (Å²) < 4.78 is 31.0. The normalized spacial score (nSPS) is 10.8. The molecule has 0 aliphatic carbocycles. The van der Waals surface area contributed by atoms with Gasteiger partial charge in [-0.3, -0.25) is 9.52 Å². The van der Waals surface area contributed by atoms with Crippen LogP contribution in [0.2, 0.25) is 0 Å². The van der Waals surface area contributed by atoms with Crippen LogP contribution in [0.15, 0.2) is 36.5 Å². The number of anilines is 3. The van der Waals surface area contributed by atoms with Gasteiger partial charge >= 0.3 is 6.03 Å². The second-order valence-corrected chi connectivity index (χ2v) is 8.33. The molecule has 0 atom stereocenters. The molecule has 1 aromatic heterocycles. The van der Waals surface area contributed by atoms with E-state index in [1.807, 2.05) is 13.0 Å². The van der Waals surface area contributed by atoms with Gasteiger partial charge in [0.1, 0.15) is 11.6 Å². The van der Waals surface area contributed by atoms with Crippen LogP contribution in [0.1, 0.15) is 18.9 Å². The maximum absolute atomic E-state index is 12.0. The molecule has 2 aromatic rings. The number of urea groups is 1. The summed E-state index contributed by atoms with van der Waals surface area (Å²) in [5.41, 5.74) is 1.66. The van der Waals surface area contributed by atoms with E-state index in [4.69, 9.17) is 4.74 Å². The third-order valence-electron chi connectivity index (χ3n) is 3.92. The third kappa shape index (κ3) is 7.24. The Balaban J connectivity index is 1.84. The van der Waals surface area contributed by atoms with Crippen LogP contribution in [0.3, 0.4) is 0 Å². The molecule has 0 saturated heterocycles. The van der Waals surface area contributed by atoms with Gasteiger partial charge in [0.25, 0.3) is 0 Å². The minimum atomic E-state index is -3.46. The number of nitrogens with zero attached hydrogens (tertiary/aromatic N) is 1. The van der Waals surface area contributed by atoms with Crippen LogP contribution in [0, 0.1) is 6.92 Å². The van der Waals surface area contributed by atoms with Gasteiger partial charge in [-0.25, -0.2) is 18.2 Å². The number of carbonyl (C=O) groups is 2. The molecule has 0 bridgehead atoms. The SMILES string of the molecule is CCS(=O)(=O)Nc1ccc(NC(=O)NCCC(=O)Nc2ccc(C)cn2)cc1OC. The highest BCUT2D eigenvalue weighted by molar-refractivity contribution is 7.92. The molecule has 10 nitrogen and oxygen atoms in total. The van der Waals surface area contributed by atoms with Crippen molar-refractivity contribution in [2.24, 2.45) is 0 Å². The molecule has 0 saturated carbocycles. The molecule has 162 valence electrons. The first-order valence-electron chi connectivity index (χ1n) is 9.18. The van der Waals surface area contributed by atoms with Gasteiger partial charge in [0.15, 0.2) is 0 Å². The molecule has 0 unspecified atom stereocenters. The van der Waals surface area contributed by atoms with E-state index in [9.17, 15) is 18.0 Å². The van der Waals surface area contributed by atoms with Crippen molar-refractivity contribution in [3.05, 3.63) is 42.1 Å². The third-order valence-corrected chi connectivity index (χ3v) is 5.21. The highest BCUT2D eigenvalue weighted by Crippen LogP contribution is 2.28. The van der Waals surface area contributed by atoms with E-state index < -0.39 is 16.1 Å². The molecular formula is C19H25N5O5S. The molecule has 1 aromatic carbocycles. The lowest BCUT2D eigenvalue weighted by molar-refractivity contribution is -0.116. The Morgan fingerprint density at radius 1 is 1.13 bits per heavy atom. The van der Waals surface area contributed by atoms with Crippen molar-refractivity contribution in [2.75, 3.05) is 34.8 Å². The largest absolute Gasteiger partial charge is 0.494 e. The average Bonchev–Trinajstić information content (AvgIpc) is 2.70. The van der Waals surface area contributed by atoms with Crippen molar-refractivity contribution < 1.29 is 22.7 Å². The standard InChI is InChI=1S/C19H25N5O5S/c1-4-30(27,28)24-15-7-6-14(11-16(15)29-3)22-19(26)20-10-9-18(25)23-17-8-5-13(2)12-21-17/h5-8,11-12,24H,4,9-10H2,1-3H3,(H2,20,22,26)(H,21,23,25). The monoisotopic (exact) mass is 435 g/mol. The minimum absolute atomic E-state index is 0.0734. The number of hydrogen-bond acceptors (Lipinski definition) is 6. The number of ether oxygens (including phenoxy) is 1. The lowest BCUT2D eigenvalue weighted by Crippen LogP contribution is -2.31. The van der Waals surface area contributed by atoms with Crippen LogP contribution >= 0.6 is 0 Å². The van der Waals surface area contributed by atoms with Gasteiger partial charge in [-0.15, -0.1) is 0 Å². The number of aryl methyl sites for hydroxylation is 1. The first-order valence-corrected chi connectivity index (χ1v) is 10.8. The Kier molecular flexibility index (Phi) is 7.98. The van der Waals surface area contributed by atoms with E-state index in [1.165, 1.54) is 32.2 Å². The fraction of sp³-hybridized carbons (Fsp3) is 0.316. The maximum atomic E-state index is 12.0. The number of pyridine rings is 1. The van der Waals surface area contributed by atoms with E-state index in [1.54, 1.807) is 12.3 Å². The quantitative estimate of drug-likeness (QED) is 0.477. The summed E-state index contributed by atoms with van der Waals surface area (Å²) in [5, 5.41) is 7.81. The Hall–Kier alpha value is -3.34. The maximum Gasteiger partial charge on any atom is 0.319 e. The summed E-state index contributed by atoms with van der Waals surface area (Å²) in [6.07, 6.45) is 1.72. The van der Waals surface area contributed by atoms with Crippen LogP contribution < -0.4 is 25.4 Å². The van der Waals surface area contributed by atoms with Crippen molar-refractivity contribution in [3.8, 4) is 5.75 Å². The zero-order chi connectivity index (χ0) is 22.1. The molecule has 0 aliphatic rings. The van der Waals surface area contributed by atoms with Crippen LogP contribution in [0.4, 0.5) is 22.0 Å². The second-order valence-electron chi connectivity index (χ2n) is 6.32. The predicted molar refractivity (Wildman–Crippen MR) is 115 cm³/mol. The predicted octanol–water partition coefficient (Wildman–Crippen LogP) is 2.31. The Labute approximate surface area is 175 Å². The van der Waals surface area contributed by atoms with E-state index in [2.05, 4.69) is 25.7 Å². The molecule has 1 heterocycles. The zero-order valence-electron chi connectivity index (χ0n) is 17.0.